The van der Waals surface area contributed by atoms with Crippen LogP contribution in [0.2, 0.25) is 0 Å². The molecule has 58 heavy (non-hydrogen) atoms. The summed E-state index contributed by atoms with van der Waals surface area (Å²) in [5, 5.41) is 9.56. The smallest absolute Gasteiger partial charge is 0.136 e. The summed E-state index contributed by atoms with van der Waals surface area (Å²) < 4.78 is 17.9. The maximum Gasteiger partial charge on any atom is 0.136 e. The van der Waals surface area contributed by atoms with Gasteiger partial charge in [-0.2, -0.15) is 0 Å². The van der Waals surface area contributed by atoms with Crippen molar-refractivity contribution >= 4 is 97.2 Å². The maximum atomic E-state index is 6.42. The van der Waals surface area contributed by atoms with E-state index < -0.39 is 0 Å². The molecule has 4 aromatic heterocycles. The molecule has 13 rings (SSSR count). The number of benzene rings is 9. The number of rotatable bonds is 4. The zero-order chi connectivity index (χ0) is 37.9. The summed E-state index contributed by atoms with van der Waals surface area (Å²) in [7, 11) is 0. The van der Waals surface area contributed by atoms with Gasteiger partial charge in [0.25, 0.3) is 0 Å². The first-order chi connectivity index (χ1) is 28.7. The molecule has 0 unspecified atom stereocenters. The van der Waals surface area contributed by atoms with E-state index in [1.165, 1.54) is 42.1 Å². The van der Waals surface area contributed by atoms with Gasteiger partial charge in [0, 0.05) is 58.2 Å². The van der Waals surface area contributed by atoms with Crippen molar-refractivity contribution in [3.05, 3.63) is 188 Å². The Labute approximate surface area is 336 Å². The van der Waals surface area contributed by atoms with Crippen molar-refractivity contribution < 1.29 is 8.83 Å². The van der Waals surface area contributed by atoms with Crippen LogP contribution in [0.5, 0.6) is 0 Å². The number of hydrogen-bond acceptors (Lipinski definition) is 3. The molecule has 0 amide bonds. The molecule has 0 aliphatic carbocycles. The highest BCUT2D eigenvalue weighted by Gasteiger charge is 2.21. The summed E-state index contributed by atoms with van der Waals surface area (Å²) in [6.07, 6.45) is 0. The minimum absolute atomic E-state index is 0.888. The van der Waals surface area contributed by atoms with E-state index in [0.29, 0.717) is 0 Å². The predicted molar refractivity (Wildman–Crippen MR) is 245 cm³/mol. The van der Waals surface area contributed by atoms with E-state index in [1.807, 2.05) is 35.6 Å². The van der Waals surface area contributed by atoms with Crippen LogP contribution in [-0.4, -0.2) is 4.57 Å². The van der Waals surface area contributed by atoms with Gasteiger partial charge in [-0.3, -0.25) is 0 Å². The van der Waals surface area contributed by atoms with Gasteiger partial charge in [0.15, 0.2) is 0 Å². The lowest BCUT2D eigenvalue weighted by atomic mass is 9.94. The molecule has 0 aliphatic rings. The monoisotopic (exact) mass is 757 g/mol. The number of furan rings is 2. The zero-order valence-corrected chi connectivity index (χ0v) is 31.9. The molecule has 270 valence electrons. The molecule has 0 spiro atoms. The maximum absolute atomic E-state index is 6.42. The molecule has 0 aliphatic heterocycles. The first-order valence-corrected chi connectivity index (χ1v) is 20.5. The largest absolute Gasteiger partial charge is 0.456 e. The number of hydrogen-bond donors (Lipinski definition) is 0. The van der Waals surface area contributed by atoms with E-state index in [9.17, 15) is 0 Å². The number of nitrogens with zero attached hydrogens (tertiary/aromatic N) is 1. The van der Waals surface area contributed by atoms with E-state index in [-0.39, 0.29) is 0 Å². The molecular formula is C54H31NO2S. The number of aromatic nitrogens is 1. The minimum Gasteiger partial charge on any atom is -0.456 e. The molecule has 4 heterocycles. The average molecular weight is 758 g/mol. The highest BCUT2D eigenvalue weighted by atomic mass is 32.1. The minimum atomic E-state index is 0.888. The molecule has 9 aromatic carbocycles. The number of para-hydroxylation sites is 2. The normalized spacial score (nSPS) is 12.1. The Morgan fingerprint density at radius 1 is 0.328 bits per heavy atom. The van der Waals surface area contributed by atoms with E-state index in [4.69, 9.17) is 8.83 Å². The Bertz CT molecular complexity index is 3630. The summed E-state index contributed by atoms with van der Waals surface area (Å²) >= 11 is 1.86. The molecule has 0 saturated heterocycles. The van der Waals surface area contributed by atoms with Gasteiger partial charge in [0.1, 0.15) is 22.3 Å². The lowest BCUT2D eigenvalue weighted by Crippen LogP contribution is -1.94. The first-order valence-electron chi connectivity index (χ1n) is 19.7. The van der Waals surface area contributed by atoms with E-state index in [1.54, 1.807) is 0 Å². The molecule has 0 bridgehead atoms. The summed E-state index contributed by atoms with van der Waals surface area (Å²) in [5.74, 6) is 0. The first kappa shape index (κ1) is 31.8. The third kappa shape index (κ3) is 4.61. The van der Waals surface area contributed by atoms with E-state index in [0.717, 1.165) is 82.9 Å². The van der Waals surface area contributed by atoms with Crippen molar-refractivity contribution in [2.24, 2.45) is 0 Å². The van der Waals surface area contributed by atoms with Crippen LogP contribution >= 0.6 is 11.3 Å². The molecule has 4 heteroatoms. The van der Waals surface area contributed by atoms with Gasteiger partial charge in [-0.15, -0.1) is 11.3 Å². The van der Waals surface area contributed by atoms with Crippen LogP contribution in [0.1, 0.15) is 0 Å². The molecule has 0 saturated carbocycles. The Kier molecular flexibility index (Phi) is 6.60. The fraction of sp³-hybridized carbons (Fsp3) is 0. The van der Waals surface area contributed by atoms with Gasteiger partial charge in [-0.25, -0.2) is 0 Å². The number of fused-ring (bicyclic) bond motifs is 12. The van der Waals surface area contributed by atoms with Crippen LogP contribution in [0, 0.1) is 0 Å². The average Bonchev–Trinajstić information content (AvgIpc) is 4.04. The van der Waals surface area contributed by atoms with E-state index >= 15 is 0 Å². The van der Waals surface area contributed by atoms with E-state index in [2.05, 4.69) is 168 Å². The topological polar surface area (TPSA) is 31.2 Å². The van der Waals surface area contributed by atoms with Crippen LogP contribution in [0.25, 0.3) is 125 Å². The van der Waals surface area contributed by atoms with Gasteiger partial charge in [0.2, 0.25) is 0 Å². The van der Waals surface area contributed by atoms with Gasteiger partial charge in [0.05, 0.1) is 11.0 Å². The lowest BCUT2D eigenvalue weighted by molar-refractivity contribution is 0.668. The van der Waals surface area contributed by atoms with Crippen molar-refractivity contribution in [2.45, 2.75) is 0 Å². The predicted octanol–water partition coefficient (Wildman–Crippen LogP) is 16.0. The molecule has 13 aromatic rings. The van der Waals surface area contributed by atoms with Crippen LogP contribution in [0.15, 0.2) is 197 Å². The van der Waals surface area contributed by atoms with Crippen LogP contribution in [-0.2, 0) is 0 Å². The molecule has 0 N–H and O–H groups in total. The standard InChI is InChI=1S/C54H31NO2S/c1-4-16-47-39(9-1)41-26-22-34(29-49(41)56-47)37-12-7-14-45-53(37)54-38(35-23-27-42-40-10-2-5-17-48(40)57-50(42)30-35)13-8-15-46(54)55(45)36-24-19-32(20-25-36)33-21-28-44-43-11-3-6-18-51(43)58-52(44)31-33/h1-31H. The Morgan fingerprint density at radius 3 is 1.43 bits per heavy atom. The van der Waals surface area contributed by atoms with Crippen molar-refractivity contribution in [2.75, 3.05) is 0 Å². The van der Waals surface area contributed by atoms with Crippen molar-refractivity contribution in [3.63, 3.8) is 0 Å². The van der Waals surface area contributed by atoms with Gasteiger partial charge >= 0.3 is 0 Å². The fourth-order valence-corrected chi connectivity index (χ4v) is 10.5. The highest BCUT2D eigenvalue weighted by molar-refractivity contribution is 7.25. The van der Waals surface area contributed by atoms with Crippen molar-refractivity contribution in [1.82, 2.24) is 4.57 Å². The second-order valence-electron chi connectivity index (χ2n) is 15.2. The van der Waals surface area contributed by atoms with Crippen molar-refractivity contribution in [1.29, 1.82) is 0 Å². The second-order valence-corrected chi connectivity index (χ2v) is 16.3. The summed E-state index contributed by atoms with van der Waals surface area (Å²) in [6, 6.07) is 67.9. The molecule has 0 fully saturated rings. The second kappa shape index (κ2) is 12.1. The van der Waals surface area contributed by atoms with Gasteiger partial charge in [-0.05, 0) is 106 Å². The van der Waals surface area contributed by atoms with Crippen LogP contribution < -0.4 is 0 Å². The fourth-order valence-electron chi connectivity index (χ4n) is 9.36. The van der Waals surface area contributed by atoms with Crippen molar-refractivity contribution in [3.8, 4) is 39.1 Å². The van der Waals surface area contributed by atoms with Crippen LogP contribution in [0.3, 0.4) is 0 Å². The highest BCUT2D eigenvalue weighted by Crippen LogP contribution is 2.45. The molecule has 0 atom stereocenters. The molecule has 3 nitrogen and oxygen atoms in total. The van der Waals surface area contributed by atoms with Gasteiger partial charge in [-0.1, -0.05) is 115 Å². The van der Waals surface area contributed by atoms with Gasteiger partial charge < -0.3 is 13.4 Å². The summed E-state index contributed by atoms with van der Waals surface area (Å²) in [4.78, 5) is 0. The van der Waals surface area contributed by atoms with Crippen LogP contribution in [0.4, 0.5) is 0 Å². The zero-order valence-electron chi connectivity index (χ0n) is 31.1. The summed E-state index contributed by atoms with van der Waals surface area (Å²) in [5.41, 5.74) is 14.0. The third-order valence-corrected chi connectivity index (χ3v) is 13.2. The number of thiophene rings is 1. The lowest BCUT2D eigenvalue weighted by Gasteiger charge is -2.10. The third-order valence-electron chi connectivity index (χ3n) is 12.0. The Hall–Kier alpha value is -7.40. The summed E-state index contributed by atoms with van der Waals surface area (Å²) in [6.45, 7) is 0. The molecule has 0 radical (unpaired) electrons. The SMILES string of the molecule is c1ccc2c(c1)oc1cc(-c3cccc4c3c3c(-c5ccc6c(c5)oc5ccccc56)cccc3n4-c3ccc(-c4ccc5c(c4)sc4ccccc45)cc3)ccc12. The Balaban J connectivity index is 1.03. The molecular weight excluding hydrogens is 727 g/mol. The Morgan fingerprint density at radius 2 is 0.810 bits per heavy atom. The quantitative estimate of drug-likeness (QED) is 0.179.